The maximum Gasteiger partial charge on any atom is 0.312 e. The number of hydrogen-bond donors (Lipinski definition) is 9. The number of nitrogens with zero attached hydrogens (tertiary/aromatic N) is 5. The minimum absolute atomic E-state index is 0.0667. The van der Waals surface area contributed by atoms with Crippen molar-refractivity contribution in [2.75, 3.05) is 7.11 Å². The van der Waals surface area contributed by atoms with Gasteiger partial charge < -0.3 is 69.6 Å². The number of methoxy groups -OCH3 is 1. The third-order valence-corrected chi connectivity index (χ3v) is 28.3. The zero-order chi connectivity index (χ0) is 89.3. The number of pyridine rings is 4. The number of ketones is 2. The number of hydrogen-bond acceptors (Lipinski definition) is 21. The van der Waals surface area contributed by atoms with E-state index in [-0.39, 0.29) is 51.6 Å². The number of rotatable bonds is 12. The highest BCUT2D eigenvalue weighted by molar-refractivity contribution is 9.11. The molecule has 0 bridgehead atoms. The van der Waals surface area contributed by atoms with E-state index in [9.17, 15) is 65.1 Å². The van der Waals surface area contributed by atoms with Crippen LogP contribution in [0.4, 0.5) is 5.69 Å². The Labute approximate surface area is 766 Å². The summed E-state index contributed by atoms with van der Waals surface area (Å²) >= 11 is 34.9. The lowest BCUT2D eigenvalue weighted by Crippen LogP contribution is -2.52. The van der Waals surface area contributed by atoms with Crippen LogP contribution in [0.5, 0.6) is 23.0 Å². The van der Waals surface area contributed by atoms with Crippen LogP contribution in [0.15, 0.2) is 281 Å². The van der Waals surface area contributed by atoms with E-state index in [1.165, 1.54) is 51.8 Å². The number of fused-ring (bicyclic) bond motifs is 12. The molecule has 0 amide bonds. The highest BCUT2D eigenvalue weighted by Gasteiger charge is 2.82. The van der Waals surface area contributed by atoms with Gasteiger partial charge in [-0.15, -0.1) is 0 Å². The summed E-state index contributed by atoms with van der Waals surface area (Å²) in [6.45, 7) is 10.1. The summed E-state index contributed by atoms with van der Waals surface area (Å²) in [4.78, 5) is 71.7. The van der Waals surface area contributed by atoms with Crippen molar-refractivity contribution in [3.05, 3.63) is 380 Å². The SMILES string of the molecule is CC(=O)[C@H]1[C@@H](O)[C@@]2(O)c3ncc(Cl)cc3O[C@@]2(c2ccc(Br)cc2)[C@@H]1c1ccccc1.COC(=O)[C@H]1[C@@H](O)[C@@]2(O)c3ncc(Cl)cc3O[C@@]2(c2ccc(Br)cc2)[C@@H]1c1ccccc1.O=C(O)[C@H]1[C@@H](O)[C@@]2(O)c3ncc(Cl)cc3O[C@@]2(c2ccc(Br)cc2)[C@@H]1c1ccccc1.[C-]#[N+]c1ccc([C@@]23Oc4cc(Cl)cnc4[C@]2(O)[C@H](O)[C@H](C(C)=O)[C@H]3c2ccccc2)cc1. The molecule has 8 heterocycles. The van der Waals surface area contributed by atoms with Crippen molar-refractivity contribution in [1.82, 2.24) is 19.9 Å². The molecule has 640 valence electrons. The first kappa shape index (κ1) is 87.7. The zero-order valence-electron chi connectivity index (χ0n) is 66.4. The summed E-state index contributed by atoms with van der Waals surface area (Å²) in [5, 5.41) is 106. The smallest absolute Gasteiger partial charge is 0.312 e. The van der Waals surface area contributed by atoms with Gasteiger partial charge >= 0.3 is 11.9 Å². The Morgan fingerprint density at radius 3 is 0.841 bits per heavy atom. The van der Waals surface area contributed by atoms with Gasteiger partial charge in [-0.25, -0.2) is 4.85 Å². The van der Waals surface area contributed by atoms with Crippen molar-refractivity contribution < 1.29 is 88.8 Å². The molecule has 20 rings (SSSR count). The van der Waals surface area contributed by atoms with Crippen molar-refractivity contribution >= 4 is 123 Å². The van der Waals surface area contributed by atoms with E-state index >= 15 is 0 Å². The standard InChI is InChI=1S/C25H19ClN2O4.C24H19BrClNO5.C24H19BrClNO4.C23H17BrClNO5/c1-14(29)20-21(15-6-4-3-5-7-15)25(16-8-10-18(27-2)11-9-16)24(31,23(20)30)22-19(32-25)12-17(26)13-28-22;1-31-22(29)18-19(13-5-3-2-4-6-13)24(14-7-9-15(25)10-8-14)23(30,21(18)28)20-17(32-24)11-16(26)12-27-20;1-13(28)19-20(14-5-3-2-4-6-14)24(15-7-9-16(25)10-8-15)23(30,22(19)29)21-18(31-24)11-17(26)12-27-21;24-14-8-6-13(7-9-14)23-18(12-4-2-1-3-5-12)17(21(28)29)20(27)22(23,30)19-16(31-23)10-15(25)11-26-19/h3-13,20-21,23,30-31H,1H3;2-12,18-19,21,28,30H,1H3;2-12,19-20,22,29-30H,1H3;1-11,17-18,20,27,30H,(H,28,29)/t20-,21-,23-,24+,25+;18-,19-,21-,23+,24+;19-,20-,22-,23+,24+;17-,18-,20-,22+,23+/m1111/s1. The molecule has 4 aliphatic carbocycles. The van der Waals surface area contributed by atoms with E-state index in [4.69, 9.17) is 76.7 Å². The van der Waals surface area contributed by atoms with Gasteiger partial charge in [-0.1, -0.05) is 276 Å². The quantitative estimate of drug-likeness (QED) is 0.0405. The molecule has 0 unspecified atom stereocenters. The van der Waals surface area contributed by atoms with Crippen LogP contribution < -0.4 is 18.9 Å². The molecule has 4 fully saturated rings. The largest absolute Gasteiger partial charge is 0.481 e. The molecule has 4 aromatic heterocycles. The van der Waals surface area contributed by atoms with Crippen molar-refractivity contribution in [2.24, 2.45) is 23.7 Å². The van der Waals surface area contributed by atoms with Crippen LogP contribution in [-0.2, 0) is 68.7 Å². The Morgan fingerprint density at radius 1 is 0.373 bits per heavy atom. The predicted molar refractivity (Wildman–Crippen MR) is 473 cm³/mol. The third-order valence-electron chi connectivity index (χ3n) is 25.9. The first-order valence-electron chi connectivity index (χ1n) is 39.6. The number of aliphatic hydroxyl groups excluding tert-OH is 4. The first-order chi connectivity index (χ1) is 60.3. The number of benzene rings is 8. The van der Waals surface area contributed by atoms with Crippen LogP contribution in [0, 0.1) is 30.2 Å². The number of aliphatic carboxylic acids is 1. The molecular formula is C96H74Br3Cl4N5O18. The van der Waals surface area contributed by atoms with Crippen molar-refractivity contribution in [3.63, 3.8) is 0 Å². The molecule has 126 heavy (non-hydrogen) atoms. The number of ether oxygens (including phenoxy) is 5. The number of carbonyl (C=O) groups is 4. The second-order valence-corrected chi connectivity index (χ2v) is 36.6. The normalized spacial score (nSPS) is 30.6. The fraction of sp³-hybridized carbons (Fsp3) is 0.240. The van der Waals surface area contributed by atoms with Gasteiger partial charge in [0.2, 0.25) is 0 Å². The van der Waals surface area contributed by atoms with E-state index in [0.717, 1.165) is 24.5 Å². The molecule has 9 N–H and O–H groups in total. The van der Waals surface area contributed by atoms with E-state index in [0.29, 0.717) is 64.9 Å². The number of aliphatic hydroxyl groups is 8. The van der Waals surface area contributed by atoms with Crippen molar-refractivity contribution in [2.45, 2.75) is 107 Å². The van der Waals surface area contributed by atoms with Gasteiger partial charge in [-0.05, 0) is 94.8 Å². The van der Waals surface area contributed by atoms with E-state index in [1.807, 2.05) is 133 Å². The van der Waals surface area contributed by atoms with Gasteiger partial charge in [0, 0.05) is 86.1 Å². The lowest BCUT2D eigenvalue weighted by Gasteiger charge is -2.40. The lowest BCUT2D eigenvalue weighted by molar-refractivity contribution is -0.162. The number of Topliss-reactive ketones (excluding diaryl/α,β-unsaturated/α-hetero) is 2. The topological polar surface area (TPSA) is 352 Å². The summed E-state index contributed by atoms with van der Waals surface area (Å²) in [6, 6.07) is 71.2. The zero-order valence-corrected chi connectivity index (χ0v) is 74.2. The van der Waals surface area contributed by atoms with Crippen LogP contribution in [0.2, 0.25) is 20.1 Å². The Hall–Kier alpha value is -10.4. The number of esters is 1. The molecule has 0 spiro atoms. The first-order valence-corrected chi connectivity index (χ1v) is 43.5. The van der Waals surface area contributed by atoms with E-state index in [2.05, 4.69) is 72.6 Å². The van der Waals surface area contributed by atoms with Crippen LogP contribution in [0.1, 0.15) is 105 Å². The molecule has 8 aliphatic rings. The summed E-state index contributed by atoms with van der Waals surface area (Å²) < 4.78 is 33.5. The summed E-state index contributed by atoms with van der Waals surface area (Å²) in [6.07, 6.45) is -0.648. The van der Waals surface area contributed by atoms with Gasteiger partial charge in [0.05, 0.1) is 57.4 Å². The minimum atomic E-state index is -2.12. The van der Waals surface area contributed by atoms with Crippen LogP contribution in [0.3, 0.4) is 0 Å². The molecule has 4 saturated carbocycles. The molecule has 4 aliphatic heterocycles. The molecular weight excluding hydrogens is 1890 g/mol. The Bertz CT molecular complexity index is 6130. The van der Waals surface area contributed by atoms with Crippen molar-refractivity contribution in [3.8, 4) is 23.0 Å². The fourth-order valence-corrected chi connectivity index (χ4v) is 22.4. The maximum atomic E-state index is 13.0. The summed E-state index contributed by atoms with van der Waals surface area (Å²) in [5.74, 6) is -8.79. The molecule has 0 saturated heterocycles. The highest BCUT2D eigenvalue weighted by atomic mass is 79.9. The van der Waals surface area contributed by atoms with Crippen molar-refractivity contribution in [1.29, 1.82) is 0 Å². The van der Waals surface area contributed by atoms with Gasteiger partial charge in [-0.2, -0.15) is 0 Å². The monoisotopic (exact) mass is 1960 g/mol. The maximum absolute atomic E-state index is 13.0. The Balaban J connectivity index is 0.000000119. The van der Waals surface area contributed by atoms with Crippen LogP contribution in [-0.4, -0.2) is 121 Å². The van der Waals surface area contributed by atoms with Gasteiger partial charge in [-0.3, -0.25) is 39.1 Å². The van der Waals surface area contributed by atoms with Gasteiger partial charge in [0.25, 0.3) is 0 Å². The summed E-state index contributed by atoms with van der Waals surface area (Å²) in [5.41, 5.74) is -8.38. The summed E-state index contributed by atoms with van der Waals surface area (Å²) in [7, 11) is 1.26. The Morgan fingerprint density at radius 2 is 0.603 bits per heavy atom. The van der Waals surface area contributed by atoms with Crippen LogP contribution in [0.25, 0.3) is 4.85 Å². The molecule has 12 aromatic rings. The molecule has 30 heteroatoms. The number of aromatic nitrogens is 4. The average Bonchev–Trinajstić information content (AvgIpc) is 1.52. The van der Waals surface area contributed by atoms with Gasteiger partial charge in [0.15, 0.2) is 50.5 Å². The number of halogens is 7. The van der Waals surface area contributed by atoms with Crippen LogP contribution >= 0.6 is 94.2 Å². The van der Waals surface area contributed by atoms with Gasteiger partial charge in [0.1, 0.15) is 81.8 Å². The molecule has 8 aromatic carbocycles. The number of carboxylic acids is 1. The molecule has 0 radical (unpaired) electrons. The second kappa shape index (κ2) is 33.0. The third kappa shape index (κ3) is 12.9. The number of carboxylic acid groups (broad SMARTS) is 1. The van der Waals surface area contributed by atoms with E-state index in [1.54, 1.807) is 103 Å². The second-order valence-electron chi connectivity index (χ2n) is 32.1. The number of carbonyl (C=O) groups excluding carboxylic acids is 3. The predicted octanol–water partition coefficient (Wildman–Crippen LogP) is 16.2. The average molecular weight is 1970 g/mol. The Kier molecular flexibility index (Phi) is 23.0. The lowest BCUT2D eigenvalue weighted by atomic mass is 9.71. The van der Waals surface area contributed by atoms with E-state index < -0.39 is 129 Å². The highest BCUT2D eigenvalue weighted by Crippen LogP contribution is 2.73. The minimum Gasteiger partial charge on any atom is -0.481 e. The fourth-order valence-electron chi connectivity index (χ4n) is 21.0. The molecule has 23 nitrogen and oxygen atoms in total. The molecule has 20 atom stereocenters.